The number of hydrogen-bond donors (Lipinski definition) is 1. The third-order valence-electron chi connectivity index (χ3n) is 1.40. The van der Waals surface area contributed by atoms with Gasteiger partial charge in [-0.15, -0.1) is 0 Å². The van der Waals surface area contributed by atoms with Gasteiger partial charge in [0, 0.05) is 12.7 Å². The molecule has 0 aliphatic heterocycles. The first kappa shape index (κ1) is 14.4. The maximum Gasteiger partial charge on any atom is 0.401 e. The molecule has 90 valence electrons. The Morgan fingerprint density at radius 1 is 1.33 bits per heavy atom. The highest BCUT2D eigenvalue weighted by atomic mass is 32.2. The maximum atomic E-state index is 11.6. The first-order valence-corrected chi connectivity index (χ1v) is 6.13. The van der Waals surface area contributed by atoms with Crippen molar-refractivity contribution in [2.45, 2.75) is 12.6 Å². The van der Waals surface area contributed by atoms with Crippen molar-refractivity contribution in [3.63, 3.8) is 0 Å². The molecule has 0 saturated heterocycles. The summed E-state index contributed by atoms with van der Waals surface area (Å²) in [5.41, 5.74) is 0. The minimum absolute atomic E-state index is 0.260. The summed E-state index contributed by atoms with van der Waals surface area (Å²) in [5, 5.41) is 1.89. The largest absolute Gasteiger partial charge is 0.401 e. The molecule has 0 bridgehead atoms. The molecule has 0 rings (SSSR count). The van der Waals surface area contributed by atoms with Crippen LogP contribution >= 0.6 is 0 Å². The minimum Gasteiger partial charge on any atom is -0.302 e. The molecule has 1 N–H and O–H groups in total. The van der Waals surface area contributed by atoms with Crippen molar-refractivity contribution >= 4 is 15.6 Å². The Hall–Kier alpha value is -0.630. The van der Waals surface area contributed by atoms with Crippen LogP contribution in [0.1, 0.15) is 6.42 Å². The average molecular weight is 247 g/mol. The normalized spacial score (nSPS) is 12.8. The second-order valence-electron chi connectivity index (χ2n) is 3.14. The molecule has 0 aromatic carbocycles. The van der Waals surface area contributed by atoms with Gasteiger partial charge in [0.25, 0.3) is 0 Å². The Labute approximate surface area is 85.8 Å². The van der Waals surface area contributed by atoms with Gasteiger partial charge in [0.2, 0.25) is 0 Å². The van der Waals surface area contributed by atoms with E-state index in [1.807, 2.05) is 5.32 Å². The van der Waals surface area contributed by atoms with Crippen LogP contribution in [0.15, 0.2) is 0 Å². The molecule has 0 aliphatic carbocycles. The van der Waals surface area contributed by atoms with E-state index in [1.165, 1.54) is 0 Å². The van der Waals surface area contributed by atoms with E-state index in [0.29, 0.717) is 0 Å². The number of nitrogens with one attached hydrogen (secondary N) is 1. The number of hydrogen-bond acceptors (Lipinski definition) is 4. The highest BCUT2D eigenvalue weighted by Crippen LogP contribution is 2.11. The molecular formula is C7H12F3NO3S. The molecule has 15 heavy (non-hydrogen) atoms. The summed E-state index contributed by atoms with van der Waals surface area (Å²) in [6, 6.07) is 0. The highest BCUT2D eigenvalue weighted by Gasteiger charge is 2.26. The van der Waals surface area contributed by atoms with Crippen LogP contribution in [0.25, 0.3) is 0 Å². The van der Waals surface area contributed by atoms with E-state index >= 15 is 0 Å². The molecule has 4 nitrogen and oxygen atoms in total. The number of alkyl halides is 3. The van der Waals surface area contributed by atoms with Crippen LogP contribution in [-0.2, 0) is 14.6 Å². The van der Waals surface area contributed by atoms with Gasteiger partial charge >= 0.3 is 6.18 Å². The number of ketones is 1. The van der Waals surface area contributed by atoms with Gasteiger partial charge in [-0.05, 0) is 0 Å². The second kappa shape index (κ2) is 5.45. The first-order chi connectivity index (χ1) is 6.60. The Bertz CT molecular complexity index is 310. The summed E-state index contributed by atoms with van der Waals surface area (Å²) in [5.74, 6) is -0.885. The third kappa shape index (κ3) is 11.3. The number of sulfone groups is 1. The monoisotopic (exact) mass is 247 g/mol. The zero-order valence-electron chi connectivity index (χ0n) is 8.10. The third-order valence-corrected chi connectivity index (χ3v) is 2.35. The van der Waals surface area contributed by atoms with E-state index < -0.39 is 34.9 Å². The van der Waals surface area contributed by atoms with Gasteiger partial charge in [0.05, 0.1) is 18.8 Å². The predicted octanol–water partition coefficient (Wildman–Crippen LogP) is 0.142. The van der Waals surface area contributed by atoms with Crippen molar-refractivity contribution in [3.8, 4) is 0 Å². The molecule has 0 radical (unpaired) electrons. The Balaban J connectivity index is 3.69. The van der Waals surface area contributed by atoms with Crippen LogP contribution in [0.2, 0.25) is 0 Å². The fourth-order valence-corrected chi connectivity index (χ4v) is 1.33. The van der Waals surface area contributed by atoms with Crippen molar-refractivity contribution < 1.29 is 26.4 Å². The molecule has 0 saturated carbocycles. The number of Topliss-reactive ketones (excluding diaryl/α,β-unsaturated/α-hetero) is 1. The smallest absolute Gasteiger partial charge is 0.302 e. The van der Waals surface area contributed by atoms with E-state index in [0.717, 1.165) is 6.26 Å². The lowest BCUT2D eigenvalue weighted by Crippen LogP contribution is -2.33. The number of rotatable bonds is 6. The molecule has 0 unspecified atom stereocenters. The zero-order valence-corrected chi connectivity index (χ0v) is 8.91. The van der Waals surface area contributed by atoms with Gasteiger partial charge in [-0.1, -0.05) is 0 Å². The SMILES string of the molecule is CS(=O)(=O)CCC(=O)CNCC(F)(F)F. The van der Waals surface area contributed by atoms with E-state index in [-0.39, 0.29) is 12.2 Å². The molecule has 0 aromatic rings. The lowest BCUT2D eigenvalue weighted by molar-refractivity contribution is -0.127. The summed E-state index contributed by atoms with van der Waals surface area (Å²) in [6.07, 6.45) is -3.66. The average Bonchev–Trinajstić information content (AvgIpc) is 1.97. The summed E-state index contributed by atoms with van der Waals surface area (Å²) in [7, 11) is -3.24. The van der Waals surface area contributed by atoms with Gasteiger partial charge in [-0.2, -0.15) is 13.2 Å². The highest BCUT2D eigenvalue weighted by molar-refractivity contribution is 7.90. The number of halogens is 3. The molecule has 0 spiro atoms. The molecule has 8 heteroatoms. The second-order valence-corrected chi connectivity index (χ2v) is 5.40. The standard InChI is InChI=1S/C7H12F3NO3S/c1-15(13,14)3-2-6(12)4-11-5-7(8,9)10/h11H,2-5H2,1H3. The summed E-state index contributed by atoms with van der Waals surface area (Å²) in [4.78, 5) is 10.9. The molecule has 0 fully saturated rings. The van der Waals surface area contributed by atoms with Crippen LogP contribution in [0, 0.1) is 0 Å². The van der Waals surface area contributed by atoms with Gasteiger partial charge in [0.1, 0.15) is 15.6 Å². The zero-order chi connectivity index (χ0) is 12.1. The molecule has 0 heterocycles. The number of carbonyl (C=O) groups is 1. The Morgan fingerprint density at radius 2 is 1.87 bits per heavy atom. The van der Waals surface area contributed by atoms with Gasteiger partial charge in [-0.3, -0.25) is 4.79 Å². The van der Waals surface area contributed by atoms with Gasteiger partial charge < -0.3 is 5.32 Å². The van der Waals surface area contributed by atoms with Gasteiger partial charge in [0.15, 0.2) is 0 Å². The molecule has 0 aromatic heterocycles. The topological polar surface area (TPSA) is 63.2 Å². The van der Waals surface area contributed by atoms with Gasteiger partial charge in [-0.25, -0.2) is 8.42 Å². The van der Waals surface area contributed by atoms with Crippen molar-refractivity contribution in [2.24, 2.45) is 0 Å². The minimum atomic E-state index is -4.36. The van der Waals surface area contributed by atoms with E-state index in [4.69, 9.17) is 0 Å². The fourth-order valence-electron chi connectivity index (χ4n) is 0.731. The van der Waals surface area contributed by atoms with Crippen LogP contribution in [0.3, 0.4) is 0 Å². The number of carbonyl (C=O) groups excluding carboxylic acids is 1. The maximum absolute atomic E-state index is 11.6. The lowest BCUT2D eigenvalue weighted by atomic mass is 10.3. The van der Waals surface area contributed by atoms with Crippen LogP contribution in [-0.4, -0.2) is 45.5 Å². The van der Waals surface area contributed by atoms with Crippen LogP contribution in [0.5, 0.6) is 0 Å². The van der Waals surface area contributed by atoms with E-state index in [1.54, 1.807) is 0 Å². The quantitative estimate of drug-likeness (QED) is 0.725. The Morgan fingerprint density at radius 3 is 2.27 bits per heavy atom. The van der Waals surface area contributed by atoms with E-state index in [2.05, 4.69) is 0 Å². The molecular weight excluding hydrogens is 235 g/mol. The molecule has 0 atom stereocenters. The van der Waals surface area contributed by atoms with Crippen molar-refractivity contribution in [3.05, 3.63) is 0 Å². The summed E-state index contributed by atoms with van der Waals surface area (Å²) >= 11 is 0. The molecule has 0 aliphatic rings. The summed E-state index contributed by atoms with van der Waals surface area (Å²) in [6.45, 7) is -1.72. The van der Waals surface area contributed by atoms with Crippen molar-refractivity contribution in [1.29, 1.82) is 0 Å². The Kier molecular flexibility index (Phi) is 5.22. The lowest BCUT2D eigenvalue weighted by Gasteiger charge is -2.06. The van der Waals surface area contributed by atoms with Crippen molar-refractivity contribution in [2.75, 3.05) is 25.1 Å². The van der Waals surface area contributed by atoms with Crippen LogP contribution in [0.4, 0.5) is 13.2 Å². The van der Waals surface area contributed by atoms with Crippen molar-refractivity contribution in [1.82, 2.24) is 5.32 Å². The first-order valence-electron chi connectivity index (χ1n) is 4.07. The predicted molar refractivity (Wildman–Crippen MR) is 48.3 cm³/mol. The summed E-state index contributed by atoms with van der Waals surface area (Å²) < 4.78 is 56.1. The van der Waals surface area contributed by atoms with Crippen LogP contribution < -0.4 is 5.32 Å². The van der Waals surface area contributed by atoms with E-state index in [9.17, 15) is 26.4 Å². The fraction of sp³-hybridized carbons (Fsp3) is 0.857. The molecule has 0 amide bonds.